The van der Waals surface area contributed by atoms with Gasteiger partial charge in [-0.2, -0.15) is 0 Å². The lowest BCUT2D eigenvalue weighted by atomic mass is 10.2. The highest BCUT2D eigenvalue weighted by Crippen LogP contribution is 2.21. The van der Waals surface area contributed by atoms with E-state index in [4.69, 9.17) is 11.6 Å². The Morgan fingerprint density at radius 3 is 2.36 bits per heavy atom. The van der Waals surface area contributed by atoms with Gasteiger partial charge in [-0.25, -0.2) is 8.78 Å². The van der Waals surface area contributed by atoms with Crippen LogP contribution in [0.25, 0.3) is 0 Å². The molecule has 0 bridgehead atoms. The number of benzene rings is 1. The van der Waals surface area contributed by atoms with Crippen molar-refractivity contribution >= 4 is 23.2 Å². The zero-order valence-electron chi connectivity index (χ0n) is 7.43. The molecule has 2 nitrogen and oxygen atoms in total. The summed E-state index contributed by atoms with van der Waals surface area (Å²) in [6.07, 6.45) is 0. The number of para-hydroxylation sites is 1. The number of carbonyl (C=O) groups is 1. The maximum Gasteiger partial charge on any atom is 0.241 e. The van der Waals surface area contributed by atoms with Crippen LogP contribution in [0.5, 0.6) is 0 Å². The highest BCUT2D eigenvalue weighted by atomic mass is 35.5. The zero-order chi connectivity index (χ0) is 10.7. The third-order valence-electron chi connectivity index (χ3n) is 1.76. The number of rotatable bonds is 2. The molecule has 0 aliphatic carbocycles. The first-order valence-electron chi connectivity index (χ1n) is 3.84. The number of nitrogens with zero attached hydrogens (tertiary/aromatic N) is 1. The Balaban J connectivity index is 3.11. The van der Waals surface area contributed by atoms with Crippen molar-refractivity contribution < 1.29 is 13.6 Å². The Hall–Kier alpha value is -1.16. The second-order valence-corrected chi connectivity index (χ2v) is 2.92. The van der Waals surface area contributed by atoms with Crippen LogP contribution < -0.4 is 4.90 Å². The second-order valence-electron chi connectivity index (χ2n) is 2.66. The lowest BCUT2D eigenvalue weighted by Gasteiger charge is -2.17. The summed E-state index contributed by atoms with van der Waals surface area (Å²) in [6.45, 7) is 0. The average molecular weight is 220 g/mol. The van der Waals surface area contributed by atoms with Gasteiger partial charge in [0.15, 0.2) is 0 Å². The Kier molecular flexibility index (Phi) is 3.41. The molecule has 1 rings (SSSR count). The van der Waals surface area contributed by atoms with Gasteiger partial charge in [-0.15, -0.1) is 11.6 Å². The minimum absolute atomic E-state index is 0.315. The third-order valence-corrected chi connectivity index (χ3v) is 1.99. The van der Waals surface area contributed by atoms with Crippen molar-refractivity contribution in [3.05, 3.63) is 29.8 Å². The highest BCUT2D eigenvalue weighted by Gasteiger charge is 2.17. The minimum Gasteiger partial charge on any atom is -0.309 e. The van der Waals surface area contributed by atoms with E-state index in [0.29, 0.717) is 0 Å². The van der Waals surface area contributed by atoms with Gasteiger partial charge in [0.2, 0.25) is 5.91 Å². The van der Waals surface area contributed by atoms with E-state index in [0.717, 1.165) is 17.0 Å². The zero-order valence-corrected chi connectivity index (χ0v) is 8.18. The van der Waals surface area contributed by atoms with E-state index in [2.05, 4.69) is 0 Å². The molecule has 0 heterocycles. The Bertz CT molecular complexity index is 336. The van der Waals surface area contributed by atoms with Crippen LogP contribution in [0.4, 0.5) is 14.5 Å². The fourth-order valence-electron chi connectivity index (χ4n) is 1.02. The first kappa shape index (κ1) is 10.9. The molecular formula is C9H8ClF2NO. The summed E-state index contributed by atoms with van der Waals surface area (Å²) >= 11 is 5.27. The van der Waals surface area contributed by atoms with Gasteiger partial charge in [-0.1, -0.05) is 6.07 Å². The second kappa shape index (κ2) is 4.37. The summed E-state index contributed by atoms with van der Waals surface area (Å²) < 4.78 is 26.2. The van der Waals surface area contributed by atoms with E-state index in [1.165, 1.54) is 13.1 Å². The molecule has 1 amide bonds. The normalized spacial score (nSPS) is 10.0. The summed E-state index contributed by atoms with van der Waals surface area (Å²) in [4.78, 5) is 11.9. The Labute approximate surface area is 85.1 Å². The van der Waals surface area contributed by atoms with Gasteiger partial charge in [0.1, 0.15) is 23.2 Å². The van der Waals surface area contributed by atoms with Gasteiger partial charge >= 0.3 is 0 Å². The van der Waals surface area contributed by atoms with Gasteiger partial charge < -0.3 is 4.90 Å². The predicted octanol–water partition coefficient (Wildman–Crippen LogP) is 2.17. The molecule has 0 aliphatic rings. The van der Waals surface area contributed by atoms with Crippen molar-refractivity contribution in [2.75, 3.05) is 17.8 Å². The van der Waals surface area contributed by atoms with Crippen LogP contribution in [-0.4, -0.2) is 18.8 Å². The SMILES string of the molecule is CN(C(=O)CCl)c1c(F)cccc1F. The van der Waals surface area contributed by atoms with E-state index >= 15 is 0 Å². The lowest BCUT2D eigenvalue weighted by Crippen LogP contribution is -2.28. The molecule has 1 aromatic carbocycles. The van der Waals surface area contributed by atoms with Crippen molar-refractivity contribution in [1.82, 2.24) is 0 Å². The van der Waals surface area contributed by atoms with Crippen LogP contribution in [0.2, 0.25) is 0 Å². The van der Waals surface area contributed by atoms with Gasteiger partial charge in [0, 0.05) is 7.05 Å². The Morgan fingerprint density at radius 1 is 1.43 bits per heavy atom. The molecule has 0 N–H and O–H groups in total. The molecule has 0 fully saturated rings. The van der Waals surface area contributed by atoms with Crippen LogP contribution in [0, 0.1) is 11.6 Å². The van der Waals surface area contributed by atoms with Crippen molar-refractivity contribution in [1.29, 1.82) is 0 Å². The monoisotopic (exact) mass is 219 g/mol. The molecule has 14 heavy (non-hydrogen) atoms. The number of alkyl halides is 1. The van der Waals surface area contributed by atoms with E-state index in [1.54, 1.807) is 0 Å². The molecule has 1 aromatic rings. The first-order chi connectivity index (χ1) is 6.57. The third kappa shape index (κ3) is 2.01. The first-order valence-corrected chi connectivity index (χ1v) is 4.38. The van der Waals surface area contributed by atoms with E-state index in [1.807, 2.05) is 0 Å². The molecule has 0 radical (unpaired) electrons. The fourth-order valence-corrected chi connectivity index (χ4v) is 1.20. The Morgan fingerprint density at radius 2 is 1.93 bits per heavy atom. The molecule has 76 valence electrons. The van der Waals surface area contributed by atoms with Crippen LogP contribution >= 0.6 is 11.6 Å². The smallest absolute Gasteiger partial charge is 0.241 e. The summed E-state index contributed by atoms with van der Waals surface area (Å²) in [5.74, 6) is -2.45. The lowest BCUT2D eigenvalue weighted by molar-refractivity contribution is -0.116. The van der Waals surface area contributed by atoms with Gasteiger partial charge in [0.05, 0.1) is 0 Å². The number of hydrogen-bond donors (Lipinski definition) is 0. The quantitative estimate of drug-likeness (QED) is 0.698. The number of anilines is 1. The van der Waals surface area contributed by atoms with E-state index < -0.39 is 17.5 Å². The van der Waals surface area contributed by atoms with Gasteiger partial charge in [0.25, 0.3) is 0 Å². The maximum absolute atomic E-state index is 13.1. The van der Waals surface area contributed by atoms with E-state index in [-0.39, 0.29) is 11.6 Å². The fraction of sp³-hybridized carbons (Fsp3) is 0.222. The molecule has 0 saturated carbocycles. The number of halogens is 3. The molecule has 0 spiro atoms. The van der Waals surface area contributed by atoms with Crippen molar-refractivity contribution in [3.8, 4) is 0 Å². The molecule has 5 heteroatoms. The summed E-state index contributed by atoms with van der Waals surface area (Å²) in [6, 6.07) is 3.39. The standard InChI is InChI=1S/C9H8ClF2NO/c1-13(8(14)5-10)9-6(11)3-2-4-7(9)12/h2-4H,5H2,1H3. The number of carbonyl (C=O) groups excluding carboxylic acids is 1. The minimum atomic E-state index is -0.786. The molecule has 0 unspecified atom stereocenters. The van der Waals surface area contributed by atoms with Crippen molar-refractivity contribution in [2.45, 2.75) is 0 Å². The number of amides is 1. The van der Waals surface area contributed by atoms with Gasteiger partial charge in [-0.3, -0.25) is 4.79 Å². The predicted molar refractivity (Wildman–Crippen MR) is 50.5 cm³/mol. The van der Waals surface area contributed by atoms with Gasteiger partial charge in [-0.05, 0) is 12.1 Å². The van der Waals surface area contributed by atoms with Crippen LogP contribution in [-0.2, 0) is 4.79 Å². The largest absolute Gasteiger partial charge is 0.309 e. The van der Waals surface area contributed by atoms with Crippen LogP contribution in [0.15, 0.2) is 18.2 Å². The molecule has 0 aliphatic heterocycles. The van der Waals surface area contributed by atoms with E-state index in [9.17, 15) is 13.6 Å². The maximum atomic E-state index is 13.1. The van der Waals surface area contributed by atoms with Crippen molar-refractivity contribution in [3.63, 3.8) is 0 Å². The topological polar surface area (TPSA) is 20.3 Å². The molecule has 0 atom stereocenters. The average Bonchev–Trinajstić information content (AvgIpc) is 2.16. The number of hydrogen-bond acceptors (Lipinski definition) is 1. The molecule has 0 aromatic heterocycles. The van der Waals surface area contributed by atoms with Crippen molar-refractivity contribution in [2.24, 2.45) is 0 Å². The van der Waals surface area contributed by atoms with Crippen LogP contribution in [0.1, 0.15) is 0 Å². The van der Waals surface area contributed by atoms with Crippen LogP contribution in [0.3, 0.4) is 0 Å². The summed E-state index contributed by atoms with van der Waals surface area (Å²) in [5, 5.41) is 0. The highest BCUT2D eigenvalue weighted by molar-refractivity contribution is 6.29. The summed E-state index contributed by atoms with van der Waals surface area (Å²) in [7, 11) is 1.27. The molecular weight excluding hydrogens is 212 g/mol. The summed E-state index contributed by atoms with van der Waals surface area (Å²) in [5.41, 5.74) is -0.377. The molecule has 0 saturated heterocycles.